The highest BCUT2D eigenvalue weighted by Gasteiger charge is 2.15. The molecule has 3 aromatic rings. The van der Waals surface area contributed by atoms with Gasteiger partial charge in [-0.1, -0.05) is 34.1 Å². The van der Waals surface area contributed by atoms with Crippen LogP contribution in [0.25, 0.3) is 10.9 Å². The number of carbonyl (C=O) groups is 1. The minimum absolute atomic E-state index is 0.0412. The Hall–Kier alpha value is -2.58. The van der Waals surface area contributed by atoms with E-state index in [1.807, 2.05) is 53.1 Å². The third-order valence-electron chi connectivity index (χ3n) is 3.79. The predicted molar refractivity (Wildman–Crippen MR) is 94.2 cm³/mol. The molecule has 0 N–H and O–H groups in total. The maximum absolute atomic E-state index is 12.5. The molecule has 3 rings (SSSR count). The van der Waals surface area contributed by atoms with Crippen molar-refractivity contribution in [3.8, 4) is 6.07 Å². The van der Waals surface area contributed by atoms with Crippen molar-refractivity contribution in [1.82, 2.24) is 4.57 Å². The highest BCUT2D eigenvalue weighted by atomic mass is 79.9. The van der Waals surface area contributed by atoms with Crippen molar-refractivity contribution in [3.63, 3.8) is 0 Å². The number of anilines is 1. The van der Waals surface area contributed by atoms with Crippen LogP contribution in [0.3, 0.4) is 0 Å². The van der Waals surface area contributed by atoms with Gasteiger partial charge in [-0.2, -0.15) is 5.26 Å². The number of fused-ring (bicyclic) bond motifs is 1. The van der Waals surface area contributed by atoms with Crippen molar-refractivity contribution in [3.05, 3.63) is 64.8 Å². The summed E-state index contributed by atoms with van der Waals surface area (Å²) in [7, 11) is 1.76. The molecule has 0 atom stereocenters. The van der Waals surface area contributed by atoms with E-state index in [0.717, 1.165) is 21.1 Å². The van der Waals surface area contributed by atoms with Crippen LogP contribution in [0.1, 0.15) is 5.56 Å². The second-order valence-electron chi connectivity index (χ2n) is 5.23. The number of carbonyl (C=O) groups excluding carboxylic acids is 1. The summed E-state index contributed by atoms with van der Waals surface area (Å²) in [4.78, 5) is 14.2. The lowest BCUT2D eigenvalue weighted by Crippen LogP contribution is -2.29. The molecule has 0 fully saturated rings. The Kier molecular flexibility index (Phi) is 4.18. The molecule has 0 aliphatic rings. The molecule has 0 saturated heterocycles. The highest BCUT2D eigenvalue weighted by Crippen LogP contribution is 2.25. The lowest BCUT2D eigenvalue weighted by molar-refractivity contribution is -0.118. The fraction of sp³-hybridized carbons (Fsp3) is 0.111. The molecule has 1 amide bonds. The minimum atomic E-state index is -0.0412. The van der Waals surface area contributed by atoms with E-state index in [0.29, 0.717) is 5.56 Å². The Labute approximate surface area is 142 Å². The van der Waals surface area contributed by atoms with Gasteiger partial charge >= 0.3 is 0 Å². The van der Waals surface area contributed by atoms with Crippen LogP contribution in [0, 0.1) is 11.3 Å². The monoisotopic (exact) mass is 367 g/mol. The van der Waals surface area contributed by atoms with E-state index < -0.39 is 0 Å². The normalized spacial score (nSPS) is 10.5. The molecule has 0 bridgehead atoms. The zero-order valence-corrected chi connectivity index (χ0v) is 14.1. The van der Waals surface area contributed by atoms with Crippen LogP contribution in [-0.4, -0.2) is 17.5 Å². The molecule has 1 heterocycles. The fourth-order valence-electron chi connectivity index (χ4n) is 2.54. The third-order valence-corrected chi connectivity index (χ3v) is 4.28. The number of amides is 1. The summed E-state index contributed by atoms with van der Waals surface area (Å²) in [6.07, 6.45) is 1.73. The van der Waals surface area contributed by atoms with E-state index in [9.17, 15) is 10.1 Å². The molecule has 0 aliphatic heterocycles. The summed E-state index contributed by atoms with van der Waals surface area (Å²) < 4.78 is 2.73. The Bertz CT molecular complexity index is 909. The van der Waals surface area contributed by atoms with Gasteiger partial charge in [-0.05, 0) is 30.3 Å². The highest BCUT2D eigenvalue weighted by molar-refractivity contribution is 9.10. The summed E-state index contributed by atoms with van der Waals surface area (Å²) in [5, 5.41) is 10.1. The maximum Gasteiger partial charge on any atom is 0.246 e. The first kappa shape index (κ1) is 15.3. The third kappa shape index (κ3) is 2.99. The first-order valence-electron chi connectivity index (χ1n) is 7.10. The molecular weight excluding hydrogens is 354 g/mol. The van der Waals surface area contributed by atoms with Crippen molar-refractivity contribution >= 4 is 38.4 Å². The molecule has 0 aliphatic carbocycles. The van der Waals surface area contributed by atoms with Gasteiger partial charge in [0.1, 0.15) is 12.6 Å². The number of halogens is 1. The average molecular weight is 368 g/mol. The lowest BCUT2D eigenvalue weighted by atomic mass is 10.2. The smallest absolute Gasteiger partial charge is 0.246 e. The molecule has 114 valence electrons. The van der Waals surface area contributed by atoms with Gasteiger partial charge in [0.25, 0.3) is 0 Å². The van der Waals surface area contributed by atoms with Gasteiger partial charge in [0.05, 0.1) is 5.56 Å². The van der Waals surface area contributed by atoms with E-state index in [2.05, 4.69) is 22.0 Å². The number of nitriles is 1. The number of aromatic nitrogens is 1. The number of benzene rings is 2. The zero-order chi connectivity index (χ0) is 16.4. The Morgan fingerprint density at radius 3 is 2.70 bits per heavy atom. The molecule has 0 radical (unpaired) electrons. The molecule has 4 nitrogen and oxygen atoms in total. The number of hydrogen-bond acceptors (Lipinski definition) is 2. The van der Waals surface area contributed by atoms with Crippen LogP contribution < -0.4 is 4.90 Å². The number of likely N-dealkylation sites (N-methyl/N-ethyl adjacent to an activating group) is 1. The number of nitrogens with zero attached hydrogens (tertiary/aromatic N) is 3. The topological polar surface area (TPSA) is 49.0 Å². The van der Waals surface area contributed by atoms with Crippen LogP contribution in [-0.2, 0) is 11.3 Å². The Balaban J connectivity index is 1.93. The minimum Gasteiger partial charge on any atom is -0.337 e. The standard InChI is InChI=1S/C18H14BrN3O/c1-21(15-5-3-2-4-6-15)18(23)12-22-11-13(10-20)16-9-14(19)7-8-17(16)22/h2-9,11H,12H2,1H3. The molecule has 5 heteroatoms. The van der Waals surface area contributed by atoms with E-state index in [-0.39, 0.29) is 12.5 Å². The lowest BCUT2D eigenvalue weighted by Gasteiger charge is -2.18. The van der Waals surface area contributed by atoms with Crippen molar-refractivity contribution in [2.24, 2.45) is 0 Å². The molecule has 0 saturated carbocycles. The summed E-state index contributed by atoms with van der Waals surface area (Å²) >= 11 is 3.42. The van der Waals surface area contributed by atoms with E-state index >= 15 is 0 Å². The summed E-state index contributed by atoms with van der Waals surface area (Å²) in [6.45, 7) is 0.186. The van der Waals surface area contributed by atoms with Gasteiger partial charge in [0, 0.05) is 34.3 Å². The molecular formula is C18H14BrN3O. The molecule has 0 spiro atoms. The largest absolute Gasteiger partial charge is 0.337 e. The average Bonchev–Trinajstić information content (AvgIpc) is 2.91. The van der Waals surface area contributed by atoms with Crippen LogP contribution >= 0.6 is 15.9 Å². The van der Waals surface area contributed by atoms with Gasteiger partial charge in [0.15, 0.2) is 0 Å². The maximum atomic E-state index is 12.5. The van der Waals surface area contributed by atoms with E-state index in [1.165, 1.54) is 0 Å². The van der Waals surface area contributed by atoms with Gasteiger partial charge in [-0.25, -0.2) is 0 Å². The van der Waals surface area contributed by atoms with E-state index in [1.54, 1.807) is 18.1 Å². The van der Waals surface area contributed by atoms with E-state index in [4.69, 9.17) is 0 Å². The van der Waals surface area contributed by atoms with Crippen molar-refractivity contribution in [2.75, 3.05) is 11.9 Å². The SMILES string of the molecule is CN(C(=O)Cn1cc(C#N)c2cc(Br)ccc21)c1ccccc1. The summed E-state index contributed by atoms with van der Waals surface area (Å²) in [5.74, 6) is -0.0412. The number of hydrogen-bond donors (Lipinski definition) is 0. The molecule has 0 unspecified atom stereocenters. The zero-order valence-electron chi connectivity index (χ0n) is 12.5. The first-order chi connectivity index (χ1) is 11.1. The number of rotatable bonds is 3. The van der Waals surface area contributed by atoms with Crippen LogP contribution in [0.15, 0.2) is 59.2 Å². The van der Waals surface area contributed by atoms with Gasteiger partial charge in [-0.15, -0.1) is 0 Å². The fourth-order valence-corrected chi connectivity index (χ4v) is 2.90. The second kappa shape index (κ2) is 6.27. The van der Waals surface area contributed by atoms with Crippen molar-refractivity contribution < 1.29 is 4.79 Å². The van der Waals surface area contributed by atoms with Crippen LogP contribution in [0.2, 0.25) is 0 Å². The van der Waals surface area contributed by atoms with Gasteiger partial charge in [-0.3, -0.25) is 4.79 Å². The van der Waals surface area contributed by atoms with Crippen LogP contribution in [0.5, 0.6) is 0 Å². The molecule has 23 heavy (non-hydrogen) atoms. The Morgan fingerprint density at radius 2 is 2.00 bits per heavy atom. The van der Waals surface area contributed by atoms with Crippen molar-refractivity contribution in [2.45, 2.75) is 6.54 Å². The van der Waals surface area contributed by atoms with Crippen molar-refractivity contribution in [1.29, 1.82) is 5.26 Å². The predicted octanol–water partition coefficient (Wildman–Crippen LogP) is 3.94. The second-order valence-corrected chi connectivity index (χ2v) is 6.15. The molecule has 2 aromatic carbocycles. The first-order valence-corrected chi connectivity index (χ1v) is 7.89. The number of para-hydroxylation sites is 1. The summed E-state index contributed by atoms with van der Waals surface area (Å²) in [5.41, 5.74) is 2.29. The molecule has 1 aromatic heterocycles. The van der Waals surface area contributed by atoms with Gasteiger partial charge < -0.3 is 9.47 Å². The Morgan fingerprint density at radius 1 is 1.26 bits per heavy atom. The van der Waals surface area contributed by atoms with Crippen LogP contribution in [0.4, 0.5) is 5.69 Å². The van der Waals surface area contributed by atoms with Gasteiger partial charge in [0.2, 0.25) is 5.91 Å². The quantitative estimate of drug-likeness (QED) is 0.703. The summed E-state index contributed by atoms with van der Waals surface area (Å²) in [6, 6.07) is 17.4.